The molecular weight excluding hydrogens is 445 g/mol. The number of sulfonamides is 1. The third-order valence-corrected chi connectivity index (χ3v) is 5.94. The van der Waals surface area contributed by atoms with E-state index < -0.39 is 27.2 Å². The summed E-state index contributed by atoms with van der Waals surface area (Å²) in [7, 11) is -3.99. The maximum absolute atomic E-state index is 13.1. The Morgan fingerprint density at radius 3 is 2.03 bits per heavy atom. The highest BCUT2D eigenvalue weighted by Gasteiger charge is 2.21. The van der Waals surface area contributed by atoms with E-state index in [1.165, 1.54) is 36.4 Å². The highest BCUT2D eigenvalue weighted by Crippen LogP contribution is 2.22. The minimum absolute atomic E-state index is 0.120. The number of nitrogens with one attached hydrogen (secondary N) is 3. The van der Waals surface area contributed by atoms with Crippen LogP contribution in [0.5, 0.6) is 0 Å². The van der Waals surface area contributed by atoms with Crippen LogP contribution in [0.15, 0.2) is 77.7 Å². The van der Waals surface area contributed by atoms with Crippen LogP contribution >= 0.6 is 0 Å². The number of carbonyl (C=O) groups excluding carboxylic acids is 2. The molecule has 0 atom stereocenters. The van der Waals surface area contributed by atoms with Crippen LogP contribution in [0.3, 0.4) is 0 Å². The predicted molar refractivity (Wildman–Crippen MR) is 126 cm³/mol. The van der Waals surface area contributed by atoms with E-state index in [4.69, 9.17) is 0 Å². The van der Waals surface area contributed by atoms with Crippen LogP contribution in [0.4, 0.5) is 21.5 Å². The van der Waals surface area contributed by atoms with Gasteiger partial charge in [-0.1, -0.05) is 32.9 Å². The van der Waals surface area contributed by atoms with Crippen LogP contribution in [0.2, 0.25) is 0 Å². The van der Waals surface area contributed by atoms with Crippen molar-refractivity contribution in [3.8, 4) is 0 Å². The zero-order chi connectivity index (χ0) is 24.2. The summed E-state index contributed by atoms with van der Waals surface area (Å²) in [5, 5.41) is 5.49. The van der Waals surface area contributed by atoms with Crippen molar-refractivity contribution in [3.05, 3.63) is 84.2 Å². The predicted octanol–water partition coefficient (Wildman–Crippen LogP) is 4.86. The van der Waals surface area contributed by atoms with Gasteiger partial charge in [-0.25, -0.2) is 12.8 Å². The highest BCUT2D eigenvalue weighted by atomic mass is 32.2. The molecule has 3 rings (SSSR count). The summed E-state index contributed by atoms with van der Waals surface area (Å²) in [6, 6.07) is 17.1. The van der Waals surface area contributed by atoms with Crippen LogP contribution in [0.25, 0.3) is 0 Å². The van der Waals surface area contributed by atoms with Crippen molar-refractivity contribution < 1.29 is 22.4 Å². The van der Waals surface area contributed by atoms with Crippen LogP contribution in [-0.2, 0) is 14.8 Å². The van der Waals surface area contributed by atoms with E-state index in [-0.39, 0.29) is 22.1 Å². The monoisotopic (exact) mass is 469 g/mol. The summed E-state index contributed by atoms with van der Waals surface area (Å²) >= 11 is 0. The van der Waals surface area contributed by atoms with Crippen LogP contribution in [-0.4, -0.2) is 20.2 Å². The van der Waals surface area contributed by atoms with Crippen molar-refractivity contribution in [3.63, 3.8) is 0 Å². The second-order valence-corrected chi connectivity index (χ2v) is 10.1. The number of benzene rings is 3. The maximum Gasteiger partial charge on any atom is 0.261 e. The molecule has 0 fully saturated rings. The number of rotatable bonds is 6. The first-order chi connectivity index (χ1) is 15.4. The van der Waals surface area contributed by atoms with Gasteiger partial charge >= 0.3 is 0 Å². The molecule has 0 radical (unpaired) electrons. The van der Waals surface area contributed by atoms with Crippen molar-refractivity contribution in [2.75, 3.05) is 15.4 Å². The minimum Gasteiger partial charge on any atom is -0.326 e. The van der Waals surface area contributed by atoms with Crippen molar-refractivity contribution in [1.82, 2.24) is 0 Å². The summed E-state index contributed by atoms with van der Waals surface area (Å²) in [6.07, 6.45) is 0. The van der Waals surface area contributed by atoms with Crippen LogP contribution < -0.4 is 15.4 Å². The molecule has 3 N–H and O–H groups in total. The third kappa shape index (κ3) is 6.39. The van der Waals surface area contributed by atoms with Gasteiger partial charge in [0.2, 0.25) is 5.91 Å². The molecule has 33 heavy (non-hydrogen) atoms. The van der Waals surface area contributed by atoms with Gasteiger partial charge < -0.3 is 10.6 Å². The SMILES string of the molecule is CC(C)(C)C(=O)Nc1cccc(NC(=O)c2cccc(S(=O)(=O)Nc3ccc(F)cc3)c2)c1. The normalized spacial score (nSPS) is 11.5. The number of hydrogen-bond acceptors (Lipinski definition) is 4. The lowest BCUT2D eigenvalue weighted by atomic mass is 9.95. The smallest absolute Gasteiger partial charge is 0.261 e. The Kier molecular flexibility index (Phi) is 6.83. The van der Waals surface area contributed by atoms with Crippen molar-refractivity contribution in [1.29, 1.82) is 0 Å². The summed E-state index contributed by atoms with van der Waals surface area (Å²) < 4.78 is 40.8. The molecule has 3 aromatic rings. The molecule has 2 amide bonds. The zero-order valence-corrected chi connectivity index (χ0v) is 19.2. The molecule has 0 bridgehead atoms. The van der Waals surface area contributed by atoms with Gasteiger partial charge in [0.15, 0.2) is 0 Å². The molecule has 0 heterocycles. The Balaban J connectivity index is 1.75. The molecule has 0 aliphatic carbocycles. The van der Waals surface area contributed by atoms with Gasteiger partial charge in [0.1, 0.15) is 5.82 Å². The van der Waals surface area contributed by atoms with E-state index in [2.05, 4.69) is 15.4 Å². The quantitative estimate of drug-likeness (QED) is 0.479. The van der Waals surface area contributed by atoms with Crippen LogP contribution in [0, 0.1) is 11.2 Å². The van der Waals surface area contributed by atoms with E-state index in [0.29, 0.717) is 11.4 Å². The van der Waals surface area contributed by atoms with Gasteiger partial charge in [-0.3, -0.25) is 14.3 Å². The Morgan fingerprint density at radius 1 is 0.788 bits per heavy atom. The Bertz CT molecular complexity index is 1280. The summed E-state index contributed by atoms with van der Waals surface area (Å²) in [5.41, 5.74) is 0.700. The standard InChI is InChI=1S/C24H24FN3O4S/c1-24(2,3)23(30)27-20-8-5-7-19(15-20)26-22(29)16-6-4-9-21(14-16)33(31,32)28-18-12-10-17(25)11-13-18/h4-15,28H,1-3H3,(H,26,29)(H,27,30). The van der Waals surface area contributed by atoms with E-state index in [0.717, 1.165) is 12.1 Å². The molecule has 0 spiro atoms. The van der Waals surface area contributed by atoms with Crippen molar-refractivity contribution in [2.45, 2.75) is 25.7 Å². The largest absolute Gasteiger partial charge is 0.326 e. The second kappa shape index (κ2) is 9.41. The van der Waals surface area contributed by atoms with E-state index >= 15 is 0 Å². The lowest BCUT2D eigenvalue weighted by Gasteiger charge is -2.18. The molecular formula is C24H24FN3O4S. The average Bonchev–Trinajstić information content (AvgIpc) is 2.75. The highest BCUT2D eigenvalue weighted by molar-refractivity contribution is 7.92. The maximum atomic E-state index is 13.1. The second-order valence-electron chi connectivity index (χ2n) is 8.38. The van der Waals surface area contributed by atoms with E-state index in [1.807, 2.05) is 0 Å². The average molecular weight is 470 g/mol. The number of anilines is 3. The fourth-order valence-electron chi connectivity index (χ4n) is 2.73. The van der Waals surface area contributed by atoms with Gasteiger partial charge in [0.25, 0.3) is 15.9 Å². The summed E-state index contributed by atoms with van der Waals surface area (Å²) in [5.74, 6) is -1.18. The Hall–Kier alpha value is -3.72. The Morgan fingerprint density at radius 2 is 1.39 bits per heavy atom. The number of carbonyl (C=O) groups is 2. The van der Waals surface area contributed by atoms with Crippen LogP contribution in [0.1, 0.15) is 31.1 Å². The lowest BCUT2D eigenvalue weighted by molar-refractivity contribution is -0.123. The topological polar surface area (TPSA) is 104 Å². The molecule has 0 aliphatic heterocycles. The number of amides is 2. The fraction of sp³-hybridized carbons (Fsp3) is 0.167. The first-order valence-corrected chi connectivity index (χ1v) is 11.5. The molecule has 0 aliphatic rings. The fourth-order valence-corrected chi connectivity index (χ4v) is 3.84. The first kappa shape index (κ1) is 23.9. The third-order valence-electron chi connectivity index (χ3n) is 4.56. The molecule has 0 unspecified atom stereocenters. The van der Waals surface area contributed by atoms with Crippen molar-refractivity contribution >= 4 is 38.9 Å². The van der Waals surface area contributed by atoms with Gasteiger partial charge in [-0.2, -0.15) is 0 Å². The minimum atomic E-state index is -3.99. The summed E-state index contributed by atoms with van der Waals surface area (Å²) in [4.78, 5) is 24.8. The van der Waals surface area contributed by atoms with E-state index in [9.17, 15) is 22.4 Å². The van der Waals surface area contributed by atoms with Gasteiger partial charge in [0.05, 0.1) is 4.90 Å². The molecule has 172 valence electrons. The molecule has 9 heteroatoms. The lowest BCUT2D eigenvalue weighted by Crippen LogP contribution is -2.27. The van der Waals surface area contributed by atoms with Crippen molar-refractivity contribution in [2.24, 2.45) is 5.41 Å². The summed E-state index contributed by atoms with van der Waals surface area (Å²) in [6.45, 7) is 5.37. The zero-order valence-electron chi connectivity index (χ0n) is 18.3. The number of halogens is 1. The Labute approximate surface area is 192 Å². The molecule has 0 saturated heterocycles. The molecule has 0 saturated carbocycles. The number of hydrogen-bond donors (Lipinski definition) is 3. The van der Waals surface area contributed by atoms with E-state index in [1.54, 1.807) is 45.0 Å². The first-order valence-electron chi connectivity index (χ1n) is 10.1. The van der Waals surface area contributed by atoms with Gasteiger partial charge in [-0.15, -0.1) is 0 Å². The molecule has 0 aromatic heterocycles. The molecule has 3 aromatic carbocycles. The van der Waals surface area contributed by atoms with Gasteiger partial charge in [0, 0.05) is 28.0 Å². The molecule has 7 nitrogen and oxygen atoms in total. The van der Waals surface area contributed by atoms with Gasteiger partial charge in [-0.05, 0) is 60.7 Å².